The molecule has 0 bridgehead atoms. The van der Waals surface area contributed by atoms with Crippen molar-refractivity contribution in [2.24, 2.45) is 0 Å². The van der Waals surface area contributed by atoms with Gasteiger partial charge in [-0.2, -0.15) is 13.2 Å². The molecule has 2 aromatic heterocycles. The van der Waals surface area contributed by atoms with Gasteiger partial charge in [0.15, 0.2) is 0 Å². The third kappa shape index (κ3) is 3.74. The number of alkyl halides is 3. The van der Waals surface area contributed by atoms with Gasteiger partial charge in [0.1, 0.15) is 17.3 Å². The number of aromatic nitrogens is 2. The minimum atomic E-state index is -4.44. The first-order chi connectivity index (χ1) is 12.4. The Morgan fingerprint density at radius 2 is 1.69 bits per heavy atom. The maximum absolute atomic E-state index is 13.7. The largest absolute Gasteiger partial charge is 0.496 e. The minimum Gasteiger partial charge on any atom is -0.496 e. The van der Waals surface area contributed by atoms with Gasteiger partial charge in [0, 0.05) is 18.0 Å². The molecule has 0 aliphatic carbocycles. The maximum atomic E-state index is 13.7. The number of benzene rings is 1. The molecule has 8 heteroatoms. The van der Waals surface area contributed by atoms with Crippen molar-refractivity contribution in [3.8, 4) is 28.5 Å². The Morgan fingerprint density at radius 1 is 0.962 bits per heavy atom. The lowest BCUT2D eigenvalue weighted by molar-refractivity contribution is -0.137. The summed E-state index contributed by atoms with van der Waals surface area (Å²) < 4.78 is 62.4. The van der Waals surface area contributed by atoms with E-state index in [1.165, 1.54) is 25.6 Å². The van der Waals surface area contributed by atoms with Crippen LogP contribution in [0.5, 0.6) is 17.4 Å². The molecule has 0 fully saturated rings. The molecule has 134 valence electrons. The summed E-state index contributed by atoms with van der Waals surface area (Å²) in [7, 11) is 1.45. The number of halogens is 4. The van der Waals surface area contributed by atoms with Crippen molar-refractivity contribution in [2.45, 2.75) is 6.18 Å². The molecule has 26 heavy (non-hydrogen) atoms. The summed E-state index contributed by atoms with van der Waals surface area (Å²) in [5.74, 6) is -0.0472. The van der Waals surface area contributed by atoms with Gasteiger partial charge in [-0.05, 0) is 36.4 Å². The third-order valence-corrected chi connectivity index (χ3v) is 3.51. The molecule has 0 aliphatic rings. The predicted molar refractivity (Wildman–Crippen MR) is 85.5 cm³/mol. The van der Waals surface area contributed by atoms with Gasteiger partial charge in [0.05, 0.1) is 24.4 Å². The van der Waals surface area contributed by atoms with E-state index in [0.717, 1.165) is 30.5 Å². The first kappa shape index (κ1) is 17.7. The van der Waals surface area contributed by atoms with Gasteiger partial charge in [0.25, 0.3) is 0 Å². The van der Waals surface area contributed by atoms with Crippen LogP contribution in [0.1, 0.15) is 5.56 Å². The normalized spacial score (nSPS) is 11.3. The Morgan fingerprint density at radius 3 is 2.35 bits per heavy atom. The minimum absolute atomic E-state index is 0.0115. The third-order valence-electron chi connectivity index (χ3n) is 3.51. The van der Waals surface area contributed by atoms with Crippen LogP contribution in [0.4, 0.5) is 17.6 Å². The first-order valence-electron chi connectivity index (χ1n) is 7.37. The lowest BCUT2D eigenvalue weighted by atomic mass is 10.1. The van der Waals surface area contributed by atoms with Crippen LogP contribution in [0.15, 0.2) is 55.0 Å². The summed E-state index contributed by atoms with van der Waals surface area (Å²) in [5, 5.41) is 0. The summed E-state index contributed by atoms with van der Waals surface area (Å²) in [6.07, 6.45) is -0.535. The van der Waals surface area contributed by atoms with Crippen LogP contribution in [-0.4, -0.2) is 17.1 Å². The summed E-state index contributed by atoms with van der Waals surface area (Å²) in [6.45, 7) is 0. The van der Waals surface area contributed by atoms with Gasteiger partial charge < -0.3 is 9.47 Å². The summed E-state index contributed by atoms with van der Waals surface area (Å²) in [6, 6.07) is 6.89. The smallest absolute Gasteiger partial charge is 0.416 e. The predicted octanol–water partition coefficient (Wildman–Crippen LogP) is 5.10. The summed E-state index contributed by atoms with van der Waals surface area (Å²) in [5.41, 5.74) is -0.107. The van der Waals surface area contributed by atoms with Crippen LogP contribution in [0, 0.1) is 5.82 Å². The van der Waals surface area contributed by atoms with E-state index >= 15 is 0 Å². The highest BCUT2D eigenvalue weighted by Gasteiger charge is 2.30. The lowest BCUT2D eigenvalue weighted by Crippen LogP contribution is -2.04. The molecule has 0 saturated carbocycles. The van der Waals surface area contributed by atoms with Crippen LogP contribution in [-0.2, 0) is 6.18 Å². The molecule has 0 saturated heterocycles. The molecule has 0 unspecified atom stereocenters. The van der Waals surface area contributed by atoms with Crippen molar-refractivity contribution in [2.75, 3.05) is 7.11 Å². The summed E-state index contributed by atoms with van der Waals surface area (Å²) >= 11 is 0. The fourth-order valence-electron chi connectivity index (χ4n) is 2.29. The van der Waals surface area contributed by atoms with Gasteiger partial charge in [-0.1, -0.05) is 0 Å². The van der Waals surface area contributed by atoms with E-state index in [1.54, 1.807) is 6.07 Å². The van der Waals surface area contributed by atoms with Crippen molar-refractivity contribution in [3.63, 3.8) is 0 Å². The Labute approximate surface area is 146 Å². The van der Waals surface area contributed by atoms with Crippen LogP contribution >= 0.6 is 0 Å². The Kier molecular flexibility index (Phi) is 4.75. The Hall–Kier alpha value is -3.16. The number of methoxy groups -OCH3 is 1. The highest BCUT2D eigenvalue weighted by atomic mass is 19.4. The van der Waals surface area contributed by atoms with E-state index in [4.69, 9.17) is 9.47 Å². The Balaban J connectivity index is 1.99. The molecule has 3 aromatic rings. The average Bonchev–Trinajstić information content (AvgIpc) is 2.63. The maximum Gasteiger partial charge on any atom is 0.416 e. The van der Waals surface area contributed by atoms with Crippen LogP contribution < -0.4 is 9.47 Å². The topological polar surface area (TPSA) is 44.2 Å². The average molecular weight is 364 g/mol. The highest BCUT2D eigenvalue weighted by molar-refractivity contribution is 5.73. The second-order valence-electron chi connectivity index (χ2n) is 5.21. The van der Waals surface area contributed by atoms with E-state index in [1.807, 2.05) is 0 Å². The van der Waals surface area contributed by atoms with E-state index in [-0.39, 0.29) is 17.2 Å². The van der Waals surface area contributed by atoms with Gasteiger partial charge in [-0.3, -0.25) is 4.98 Å². The van der Waals surface area contributed by atoms with Crippen molar-refractivity contribution in [1.82, 2.24) is 9.97 Å². The molecule has 3 rings (SSSR count). The molecular weight excluding hydrogens is 352 g/mol. The number of ether oxygens (including phenoxy) is 2. The van der Waals surface area contributed by atoms with Crippen molar-refractivity contribution in [3.05, 3.63) is 66.4 Å². The number of rotatable bonds is 4. The monoisotopic (exact) mass is 364 g/mol. The number of hydrogen-bond donors (Lipinski definition) is 0. The lowest BCUT2D eigenvalue weighted by Gasteiger charge is -2.13. The van der Waals surface area contributed by atoms with Gasteiger partial charge in [-0.15, -0.1) is 0 Å². The highest BCUT2D eigenvalue weighted by Crippen LogP contribution is 2.37. The molecule has 1 aromatic carbocycles. The van der Waals surface area contributed by atoms with E-state index in [0.29, 0.717) is 11.3 Å². The fraction of sp³-hybridized carbons (Fsp3) is 0.111. The van der Waals surface area contributed by atoms with Gasteiger partial charge in [-0.25, -0.2) is 9.37 Å². The molecule has 4 nitrogen and oxygen atoms in total. The molecule has 0 atom stereocenters. The van der Waals surface area contributed by atoms with Crippen molar-refractivity contribution >= 4 is 0 Å². The molecule has 0 aliphatic heterocycles. The second kappa shape index (κ2) is 6.99. The Bertz CT molecular complexity index is 912. The van der Waals surface area contributed by atoms with Crippen molar-refractivity contribution in [1.29, 1.82) is 0 Å². The SMILES string of the molecule is COc1ccncc1-c1cc(F)cnc1Oc1ccc(C(F)(F)F)cc1. The van der Waals surface area contributed by atoms with E-state index in [2.05, 4.69) is 9.97 Å². The standard InChI is InChI=1S/C18H12F4N2O2/c1-25-16-6-7-23-10-15(16)14-8-12(19)9-24-17(14)26-13-4-2-11(3-5-13)18(20,21)22/h2-10H,1H3. The second-order valence-corrected chi connectivity index (χ2v) is 5.21. The molecule has 0 radical (unpaired) electrons. The fourth-order valence-corrected chi connectivity index (χ4v) is 2.29. The van der Waals surface area contributed by atoms with Crippen molar-refractivity contribution < 1.29 is 27.0 Å². The number of hydrogen-bond acceptors (Lipinski definition) is 4. The zero-order chi connectivity index (χ0) is 18.7. The van der Waals surface area contributed by atoms with Gasteiger partial charge >= 0.3 is 6.18 Å². The molecule has 2 heterocycles. The number of pyridine rings is 2. The molecule has 0 N–H and O–H groups in total. The van der Waals surface area contributed by atoms with Gasteiger partial charge in [0.2, 0.25) is 5.88 Å². The van der Waals surface area contributed by atoms with Crippen LogP contribution in [0.2, 0.25) is 0 Å². The molecule has 0 amide bonds. The summed E-state index contributed by atoms with van der Waals surface area (Å²) in [4.78, 5) is 7.87. The zero-order valence-corrected chi connectivity index (χ0v) is 13.4. The first-order valence-corrected chi connectivity index (χ1v) is 7.37. The zero-order valence-electron chi connectivity index (χ0n) is 13.4. The van der Waals surface area contributed by atoms with E-state index < -0.39 is 17.6 Å². The quantitative estimate of drug-likeness (QED) is 0.604. The molecular formula is C18H12F4N2O2. The number of nitrogens with zero attached hydrogens (tertiary/aromatic N) is 2. The van der Waals surface area contributed by atoms with Crippen LogP contribution in [0.3, 0.4) is 0 Å². The van der Waals surface area contributed by atoms with E-state index in [9.17, 15) is 17.6 Å². The molecule has 0 spiro atoms. The van der Waals surface area contributed by atoms with Crippen LogP contribution in [0.25, 0.3) is 11.1 Å².